The van der Waals surface area contributed by atoms with Crippen LogP contribution in [0.1, 0.15) is 5.56 Å². The molecule has 1 saturated heterocycles. The van der Waals surface area contributed by atoms with E-state index in [0.717, 1.165) is 4.90 Å². The lowest BCUT2D eigenvalue weighted by molar-refractivity contribution is -0.153. The zero-order chi connectivity index (χ0) is 15.4. The van der Waals surface area contributed by atoms with Crippen molar-refractivity contribution in [3.63, 3.8) is 0 Å². The molecule has 1 aliphatic heterocycles. The summed E-state index contributed by atoms with van der Waals surface area (Å²) in [6.45, 7) is -0.323. The Bertz CT molecular complexity index is 572. The van der Waals surface area contributed by atoms with Crippen molar-refractivity contribution in [3.05, 3.63) is 29.8 Å². The number of carboxylic acid groups (broad SMARTS) is 1. The molecule has 1 unspecified atom stereocenters. The number of amides is 2. The van der Waals surface area contributed by atoms with Gasteiger partial charge in [0.25, 0.3) is 0 Å². The van der Waals surface area contributed by atoms with Crippen molar-refractivity contribution in [2.45, 2.75) is 12.5 Å². The Morgan fingerprint density at radius 2 is 2.14 bits per heavy atom. The first-order valence-electron chi connectivity index (χ1n) is 6.43. The number of rotatable bonds is 4. The van der Waals surface area contributed by atoms with Gasteiger partial charge in [-0.1, -0.05) is 18.2 Å². The largest absolute Gasteiger partial charge is 0.496 e. The summed E-state index contributed by atoms with van der Waals surface area (Å²) in [6.07, 6.45) is -0.0128. The average Bonchev–Trinajstić information content (AvgIpc) is 2.47. The van der Waals surface area contributed by atoms with E-state index in [4.69, 9.17) is 9.84 Å². The number of carbonyl (C=O) groups excluding carboxylic acids is 2. The molecule has 2 amide bonds. The summed E-state index contributed by atoms with van der Waals surface area (Å²) in [7, 11) is 1.50. The molecular formula is C14H16N2O5. The summed E-state index contributed by atoms with van der Waals surface area (Å²) in [5.41, 5.74) is 0.653. The van der Waals surface area contributed by atoms with Gasteiger partial charge in [0.05, 0.1) is 13.5 Å². The lowest BCUT2D eigenvalue weighted by Crippen LogP contribution is -2.59. The predicted octanol–water partition coefficient (Wildman–Crippen LogP) is -0.351. The third kappa shape index (κ3) is 3.31. The number of hydrogen-bond donors (Lipinski definition) is 2. The molecular weight excluding hydrogens is 276 g/mol. The van der Waals surface area contributed by atoms with E-state index in [9.17, 15) is 14.4 Å². The zero-order valence-corrected chi connectivity index (χ0v) is 11.5. The first-order valence-corrected chi connectivity index (χ1v) is 6.43. The lowest BCUT2D eigenvalue weighted by atomic mass is 10.1. The molecule has 1 atom stereocenters. The van der Waals surface area contributed by atoms with Crippen molar-refractivity contribution in [2.24, 2.45) is 0 Å². The van der Waals surface area contributed by atoms with E-state index < -0.39 is 17.9 Å². The number of methoxy groups -OCH3 is 1. The molecule has 1 fully saturated rings. The molecule has 1 aromatic carbocycles. The van der Waals surface area contributed by atoms with Crippen LogP contribution in [-0.4, -0.2) is 54.0 Å². The van der Waals surface area contributed by atoms with Crippen molar-refractivity contribution >= 4 is 17.8 Å². The SMILES string of the molecule is COc1ccccc1CC(=O)N1CC(=O)NCC1C(=O)O. The monoisotopic (exact) mass is 292 g/mol. The van der Waals surface area contributed by atoms with Crippen LogP contribution in [0.5, 0.6) is 5.75 Å². The van der Waals surface area contributed by atoms with Gasteiger partial charge in [0.1, 0.15) is 18.3 Å². The van der Waals surface area contributed by atoms with Gasteiger partial charge >= 0.3 is 5.97 Å². The third-order valence-electron chi connectivity index (χ3n) is 3.32. The fourth-order valence-electron chi connectivity index (χ4n) is 2.24. The first kappa shape index (κ1) is 14.8. The maximum atomic E-state index is 12.3. The van der Waals surface area contributed by atoms with Crippen LogP contribution in [-0.2, 0) is 20.8 Å². The van der Waals surface area contributed by atoms with Crippen LogP contribution in [0.3, 0.4) is 0 Å². The number of aliphatic carboxylic acids is 1. The second-order valence-corrected chi connectivity index (χ2v) is 4.67. The molecule has 1 heterocycles. The second kappa shape index (κ2) is 6.25. The van der Waals surface area contributed by atoms with Gasteiger partial charge in [-0.25, -0.2) is 4.79 Å². The molecule has 7 heteroatoms. The normalized spacial score (nSPS) is 18.0. The van der Waals surface area contributed by atoms with Crippen LogP contribution in [0.2, 0.25) is 0 Å². The van der Waals surface area contributed by atoms with Crippen LogP contribution >= 0.6 is 0 Å². The fourth-order valence-corrected chi connectivity index (χ4v) is 2.24. The molecule has 2 rings (SSSR count). The molecule has 1 aromatic rings. The molecule has 0 spiro atoms. The highest BCUT2D eigenvalue weighted by Crippen LogP contribution is 2.19. The summed E-state index contributed by atoms with van der Waals surface area (Å²) in [5.74, 6) is -1.36. The van der Waals surface area contributed by atoms with E-state index in [1.807, 2.05) is 0 Å². The van der Waals surface area contributed by atoms with Crippen LogP contribution in [0, 0.1) is 0 Å². The number of carbonyl (C=O) groups is 3. The van der Waals surface area contributed by atoms with Gasteiger partial charge in [-0.05, 0) is 6.07 Å². The Balaban J connectivity index is 2.17. The van der Waals surface area contributed by atoms with Crippen LogP contribution < -0.4 is 10.1 Å². The van der Waals surface area contributed by atoms with Crippen molar-refractivity contribution in [1.82, 2.24) is 10.2 Å². The van der Waals surface area contributed by atoms with E-state index in [0.29, 0.717) is 11.3 Å². The van der Waals surface area contributed by atoms with Gasteiger partial charge in [0.2, 0.25) is 11.8 Å². The van der Waals surface area contributed by atoms with Crippen molar-refractivity contribution < 1.29 is 24.2 Å². The Morgan fingerprint density at radius 1 is 1.43 bits per heavy atom. The van der Waals surface area contributed by atoms with E-state index >= 15 is 0 Å². The topological polar surface area (TPSA) is 95.9 Å². The summed E-state index contributed by atoms with van der Waals surface area (Å²) in [5, 5.41) is 11.6. The Hall–Kier alpha value is -2.57. The van der Waals surface area contributed by atoms with E-state index in [-0.39, 0.29) is 25.4 Å². The second-order valence-electron chi connectivity index (χ2n) is 4.67. The van der Waals surface area contributed by atoms with Gasteiger partial charge in [-0.2, -0.15) is 0 Å². The van der Waals surface area contributed by atoms with E-state index in [1.165, 1.54) is 7.11 Å². The minimum absolute atomic E-state index is 0.0128. The fraction of sp³-hybridized carbons (Fsp3) is 0.357. The smallest absolute Gasteiger partial charge is 0.328 e. The minimum atomic E-state index is -1.14. The third-order valence-corrected chi connectivity index (χ3v) is 3.32. The van der Waals surface area contributed by atoms with Gasteiger partial charge in [-0.3, -0.25) is 9.59 Å². The van der Waals surface area contributed by atoms with Crippen LogP contribution in [0.15, 0.2) is 24.3 Å². The van der Waals surface area contributed by atoms with Gasteiger partial charge < -0.3 is 20.1 Å². The lowest BCUT2D eigenvalue weighted by Gasteiger charge is -2.32. The summed E-state index contributed by atoms with van der Waals surface area (Å²) < 4.78 is 5.16. The number of piperazine rings is 1. The molecule has 0 aromatic heterocycles. The van der Waals surface area contributed by atoms with E-state index in [1.54, 1.807) is 24.3 Å². The number of nitrogens with one attached hydrogen (secondary N) is 1. The van der Waals surface area contributed by atoms with Crippen molar-refractivity contribution in [1.29, 1.82) is 0 Å². The van der Waals surface area contributed by atoms with Gasteiger partial charge in [0, 0.05) is 12.1 Å². The average molecular weight is 292 g/mol. The highest BCUT2D eigenvalue weighted by atomic mass is 16.5. The molecule has 2 N–H and O–H groups in total. The highest BCUT2D eigenvalue weighted by Gasteiger charge is 2.35. The number of benzene rings is 1. The molecule has 21 heavy (non-hydrogen) atoms. The van der Waals surface area contributed by atoms with Gasteiger partial charge in [-0.15, -0.1) is 0 Å². The Morgan fingerprint density at radius 3 is 2.81 bits per heavy atom. The Labute approximate surface area is 121 Å². The zero-order valence-electron chi connectivity index (χ0n) is 11.5. The molecule has 0 radical (unpaired) electrons. The van der Waals surface area contributed by atoms with E-state index in [2.05, 4.69) is 5.32 Å². The number of hydrogen-bond acceptors (Lipinski definition) is 4. The van der Waals surface area contributed by atoms with Crippen molar-refractivity contribution in [2.75, 3.05) is 20.2 Å². The number of nitrogens with zero attached hydrogens (tertiary/aromatic N) is 1. The van der Waals surface area contributed by atoms with Crippen LogP contribution in [0.25, 0.3) is 0 Å². The number of carboxylic acids is 1. The summed E-state index contributed by atoms with van der Waals surface area (Å²) in [4.78, 5) is 36.0. The number of para-hydroxylation sites is 1. The standard InChI is InChI=1S/C14H16N2O5/c1-21-11-5-3-2-4-9(11)6-13(18)16-8-12(17)15-7-10(16)14(19)20/h2-5,10H,6-8H2,1H3,(H,15,17)(H,19,20). The maximum Gasteiger partial charge on any atom is 0.328 e. The Kier molecular flexibility index (Phi) is 4.42. The molecule has 112 valence electrons. The maximum absolute atomic E-state index is 12.3. The van der Waals surface area contributed by atoms with Crippen LogP contribution in [0.4, 0.5) is 0 Å². The highest BCUT2D eigenvalue weighted by molar-refractivity contribution is 5.92. The minimum Gasteiger partial charge on any atom is -0.496 e. The molecule has 7 nitrogen and oxygen atoms in total. The number of ether oxygens (including phenoxy) is 1. The predicted molar refractivity (Wildman–Crippen MR) is 72.8 cm³/mol. The molecule has 0 saturated carbocycles. The van der Waals surface area contributed by atoms with Crippen molar-refractivity contribution in [3.8, 4) is 5.75 Å². The summed E-state index contributed by atoms with van der Waals surface area (Å²) in [6, 6.07) is 5.96. The molecule has 1 aliphatic rings. The first-order chi connectivity index (χ1) is 10.0. The summed E-state index contributed by atoms with van der Waals surface area (Å²) >= 11 is 0. The molecule has 0 bridgehead atoms. The van der Waals surface area contributed by atoms with Gasteiger partial charge in [0.15, 0.2) is 0 Å². The molecule has 0 aliphatic carbocycles. The quantitative estimate of drug-likeness (QED) is 0.790.